The first-order valence-corrected chi connectivity index (χ1v) is 12.5. The van der Waals surface area contributed by atoms with Crippen molar-refractivity contribution in [1.29, 1.82) is 0 Å². The topological polar surface area (TPSA) is 49.4 Å². The first-order valence-electron chi connectivity index (χ1n) is 9.36. The average Bonchev–Trinajstić information content (AvgIpc) is 3.28. The van der Waals surface area contributed by atoms with Crippen molar-refractivity contribution < 1.29 is 8.42 Å². The summed E-state index contributed by atoms with van der Waals surface area (Å²) in [5.41, 5.74) is 2.27. The number of hydrogen-bond acceptors (Lipinski definition) is 4. The van der Waals surface area contributed by atoms with Crippen LogP contribution in [0.3, 0.4) is 0 Å². The van der Waals surface area contributed by atoms with Crippen LogP contribution in [0.15, 0.2) is 41.8 Å². The van der Waals surface area contributed by atoms with Crippen molar-refractivity contribution in [2.24, 2.45) is 0 Å². The fourth-order valence-electron chi connectivity index (χ4n) is 3.29. The summed E-state index contributed by atoms with van der Waals surface area (Å²) >= 11 is 7.33. The molecule has 3 rings (SSSR count). The van der Waals surface area contributed by atoms with Crippen molar-refractivity contribution in [1.82, 2.24) is 4.90 Å². The largest absolute Gasteiger partial charge is 0.340 e. The van der Waals surface area contributed by atoms with Crippen molar-refractivity contribution in [3.05, 3.63) is 52.2 Å². The van der Waals surface area contributed by atoms with Crippen LogP contribution in [-0.4, -0.2) is 36.0 Å². The molecule has 2 aromatic rings. The number of aryl methyl sites for hydroxylation is 1. The maximum Gasteiger partial charge on any atom is 0.174 e. The molecule has 0 saturated carbocycles. The highest BCUT2D eigenvalue weighted by molar-refractivity contribution is 7.91. The summed E-state index contributed by atoms with van der Waals surface area (Å²) in [6.45, 7) is 2.83. The van der Waals surface area contributed by atoms with Gasteiger partial charge in [-0.2, -0.15) is 0 Å². The number of anilines is 1. The third kappa shape index (κ3) is 5.77. The molecule has 1 aliphatic rings. The molecule has 0 bridgehead atoms. The first-order chi connectivity index (χ1) is 13.0. The van der Waals surface area contributed by atoms with Gasteiger partial charge in [-0.25, -0.2) is 8.42 Å². The summed E-state index contributed by atoms with van der Waals surface area (Å²) in [4.78, 5) is 3.22. The SMILES string of the molecule is CCCCc1ccc(NC(=S)N(Cc2cccs2)[C@@H]2CCS(=O)(=O)C2)cc1. The second kappa shape index (κ2) is 9.17. The Labute approximate surface area is 171 Å². The van der Waals surface area contributed by atoms with Crippen molar-refractivity contribution >= 4 is 44.2 Å². The number of hydrogen-bond donors (Lipinski definition) is 1. The minimum Gasteiger partial charge on any atom is -0.340 e. The molecule has 27 heavy (non-hydrogen) atoms. The Hall–Kier alpha value is -1.44. The summed E-state index contributed by atoms with van der Waals surface area (Å²) in [7, 11) is -2.97. The zero-order chi connectivity index (χ0) is 19.3. The highest BCUT2D eigenvalue weighted by atomic mass is 32.2. The molecule has 1 fully saturated rings. The summed E-state index contributed by atoms with van der Waals surface area (Å²) in [5, 5.41) is 5.93. The van der Waals surface area contributed by atoms with Gasteiger partial charge >= 0.3 is 0 Å². The number of thiophene rings is 1. The fourth-order valence-corrected chi connectivity index (χ4v) is 6.05. The van der Waals surface area contributed by atoms with Crippen molar-refractivity contribution in [3.8, 4) is 0 Å². The number of nitrogens with one attached hydrogen (secondary N) is 1. The van der Waals surface area contributed by atoms with Crippen LogP contribution in [0.1, 0.15) is 36.6 Å². The number of benzene rings is 1. The van der Waals surface area contributed by atoms with Crippen LogP contribution in [0, 0.1) is 0 Å². The van der Waals surface area contributed by atoms with Gasteiger partial charge in [-0.15, -0.1) is 11.3 Å². The molecule has 1 aliphatic heterocycles. The van der Waals surface area contributed by atoms with E-state index < -0.39 is 9.84 Å². The third-order valence-corrected chi connectivity index (χ3v) is 7.79. The van der Waals surface area contributed by atoms with Gasteiger partial charge in [0.1, 0.15) is 0 Å². The van der Waals surface area contributed by atoms with E-state index in [4.69, 9.17) is 12.2 Å². The van der Waals surface area contributed by atoms with Gasteiger partial charge in [-0.3, -0.25) is 0 Å². The van der Waals surface area contributed by atoms with E-state index in [2.05, 4.69) is 30.4 Å². The van der Waals surface area contributed by atoms with Crippen LogP contribution in [0.2, 0.25) is 0 Å². The van der Waals surface area contributed by atoms with Gasteiger partial charge in [-0.05, 0) is 60.6 Å². The van der Waals surface area contributed by atoms with Crippen LogP contribution in [-0.2, 0) is 22.8 Å². The lowest BCUT2D eigenvalue weighted by Gasteiger charge is -2.30. The molecule has 0 amide bonds. The molecule has 1 saturated heterocycles. The molecule has 2 heterocycles. The molecule has 0 radical (unpaired) electrons. The number of unbranched alkanes of at least 4 members (excludes halogenated alkanes) is 1. The maximum absolute atomic E-state index is 12.0. The van der Waals surface area contributed by atoms with Gasteiger partial charge in [0.15, 0.2) is 14.9 Å². The highest BCUT2D eigenvalue weighted by Gasteiger charge is 2.33. The summed E-state index contributed by atoms with van der Waals surface area (Å²) in [6.07, 6.45) is 4.10. The second-order valence-corrected chi connectivity index (χ2v) is 10.6. The van der Waals surface area contributed by atoms with E-state index in [-0.39, 0.29) is 17.5 Å². The normalized spacial score (nSPS) is 18.3. The van der Waals surface area contributed by atoms with E-state index in [1.165, 1.54) is 23.3 Å². The Kier molecular flexibility index (Phi) is 6.89. The maximum atomic E-state index is 12.0. The van der Waals surface area contributed by atoms with Gasteiger partial charge in [0.25, 0.3) is 0 Å². The molecule has 1 atom stereocenters. The van der Waals surface area contributed by atoms with E-state index in [0.29, 0.717) is 18.1 Å². The quantitative estimate of drug-likeness (QED) is 0.667. The van der Waals surface area contributed by atoms with Gasteiger partial charge in [0.05, 0.1) is 18.1 Å². The van der Waals surface area contributed by atoms with Gasteiger partial charge in [0.2, 0.25) is 0 Å². The molecule has 146 valence electrons. The van der Waals surface area contributed by atoms with E-state index in [1.54, 1.807) is 11.3 Å². The Bertz CT molecular complexity index is 846. The molecule has 4 nitrogen and oxygen atoms in total. The lowest BCUT2D eigenvalue weighted by molar-refractivity contribution is 0.335. The Morgan fingerprint density at radius 2 is 2.07 bits per heavy atom. The molecule has 0 aliphatic carbocycles. The van der Waals surface area contributed by atoms with Crippen molar-refractivity contribution in [2.75, 3.05) is 16.8 Å². The standard InChI is InChI=1S/C20H26N2O2S3/c1-2-3-5-16-7-9-17(10-8-16)21-20(25)22(14-19-6-4-12-26-19)18-11-13-27(23,24)15-18/h4,6-10,12,18H,2-3,5,11,13-15H2,1H3,(H,21,25)/t18-/m1/s1. The van der Waals surface area contributed by atoms with Crippen LogP contribution >= 0.6 is 23.6 Å². The summed E-state index contributed by atoms with van der Waals surface area (Å²) in [5.74, 6) is 0.420. The van der Waals surface area contributed by atoms with E-state index in [0.717, 1.165) is 12.1 Å². The molecule has 7 heteroatoms. The second-order valence-electron chi connectivity index (χ2n) is 6.99. The predicted octanol–water partition coefficient (Wildman–Crippen LogP) is 4.48. The van der Waals surface area contributed by atoms with Crippen LogP contribution in [0.4, 0.5) is 5.69 Å². The van der Waals surface area contributed by atoms with E-state index in [1.807, 2.05) is 28.5 Å². The summed E-state index contributed by atoms with van der Waals surface area (Å²) < 4.78 is 23.9. The molecular weight excluding hydrogens is 396 g/mol. The van der Waals surface area contributed by atoms with Crippen molar-refractivity contribution in [3.63, 3.8) is 0 Å². The Morgan fingerprint density at radius 3 is 2.67 bits per heavy atom. The lowest BCUT2D eigenvalue weighted by Crippen LogP contribution is -2.42. The number of rotatable bonds is 7. The Balaban J connectivity index is 1.70. The Morgan fingerprint density at radius 1 is 1.30 bits per heavy atom. The molecule has 1 aromatic carbocycles. The van der Waals surface area contributed by atoms with Gasteiger partial charge in [0, 0.05) is 16.6 Å². The fraction of sp³-hybridized carbons (Fsp3) is 0.450. The molecule has 1 aromatic heterocycles. The monoisotopic (exact) mass is 422 g/mol. The molecular formula is C20H26N2O2S3. The smallest absolute Gasteiger partial charge is 0.174 e. The zero-order valence-electron chi connectivity index (χ0n) is 15.6. The molecule has 0 unspecified atom stereocenters. The van der Waals surface area contributed by atoms with Crippen LogP contribution in [0.25, 0.3) is 0 Å². The number of thiocarbonyl (C=S) groups is 1. The van der Waals surface area contributed by atoms with Gasteiger partial charge in [-0.1, -0.05) is 31.5 Å². The summed E-state index contributed by atoms with van der Waals surface area (Å²) in [6, 6.07) is 12.4. The van der Waals surface area contributed by atoms with Crippen LogP contribution in [0.5, 0.6) is 0 Å². The van der Waals surface area contributed by atoms with E-state index in [9.17, 15) is 8.42 Å². The number of sulfone groups is 1. The first kappa shape index (κ1) is 20.3. The number of nitrogens with zero attached hydrogens (tertiary/aromatic N) is 1. The minimum atomic E-state index is -2.97. The third-order valence-electron chi connectivity index (χ3n) is 4.84. The average molecular weight is 423 g/mol. The van der Waals surface area contributed by atoms with Crippen LogP contribution < -0.4 is 5.32 Å². The minimum absolute atomic E-state index is 0.0686. The predicted molar refractivity (Wildman–Crippen MR) is 118 cm³/mol. The van der Waals surface area contributed by atoms with E-state index >= 15 is 0 Å². The molecule has 0 spiro atoms. The van der Waals surface area contributed by atoms with Gasteiger partial charge < -0.3 is 10.2 Å². The molecule has 1 N–H and O–H groups in total. The lowest BCUT2D eigenvalue weighted by atomic mass is 10.1. The van der Waals surface area contributed by atoms with Crippen molar-refractivity contribution in [2.45, 2.75) is 45.2 Å². The highest BCUT2D eigenvalue weighted by Crippen LogP contribution is 2.23. The zero-order valence-corrected chi connectivity index (χ0v) is 18.0.